The third-order valence-electron chi connectivity index (χ3n) is 5.14. The second kappa shape index (κ2) is 10.1. The molecule has 28 heavy (non-hydrogen) atoms. The number of para-hydroxylation sites is 1. The molecule has 0 aliphatic heterocycles. The quantitative estimate of drug-likeness (QED) is 0.329. The zero-order chi connectivity index (χ0) is 19.8. The van der Waals surface area contributed by atoms with E-state index in [1.807, 2.05) is 12.1 Å². The maximum Gasteiger partial charge on any atom is 0.123 e. The minimum Gasteiger partial charge on any atom is -0.355 e. The molecule has 0 amide bonds. The lowest BCUT2D eigenvalue weighted by Gasteiger charge is -2.01. The van der Waals surface area contributed by atoms with E-state index in [4.69, 9.17) is 0 Å². The minimum atomic E-state index is -0.139. The summed E-state index contributed by atoms with van der Waals surface area (Å²) in [6, 6.07) is 21.8. The fourth-order valence-electron chi connectivity index (χ4n) is 3.55. The van der Waals surface area contributed by atoms with Crippen LogP contribution in [0.25, 0.3) is 21.8 Å². The van der Waals surface area contributed by atoms with Crippen molar-refractivity contribution in [3.63, 3.8) is 0 Å². The fraction of sp³-hybridized carbons (Fsp3) is 0.308. The van der Waals surface area contributed by atoms with Crippen molar-refractivity contribution in [2.45, 2.75) is 52.4 Å². The Hall–Kier alpha value is -2.61. The number of nitrogens with one attached hydrogen (secondary N) is 1. The predicted molar refractivity (Wildman–Crippen MR) is 119 cm³/mol. The summed E-state index contributed by atoms with van der Waals surface area (Å²) in [4.78, 5) is 3.42. The Bertz CT molecular complexity index is 998. The number of benzene rings is 3. The van der Waals surface area contributed by atoms with Crippen LogP contribution in [0.3, 0.4) is 0 Å². The van der Waals surface area contributed by atoms with Crippen LogP contribution < -0.4 is 0 Å². The first-order valence-electron chi connectivity index (χ1n) is 10.4. The van der Waals surface area contributed by atoms with Gasteiger partial charge in [0.15, 0.2) is 0 Å². The maximum atomic E-state index is 12.6. The van der Waals surface area contributed by atoms with Gasteiger partial charge in [-0.3, -0.25) is 0 Å². The highest BCUT2D eigenvalue weighted by molar-refractivity contribution is 6.07. The van der Waals surface area contributed by atoms with Crippen LogP contribution in [0.5, 0.6) is 0 Å². The van der Waals surface area contributed by atoms with Crippen molar-refractivity contribution in [3.05, 3.63) is 83.7 Å². The van der Waals surface area contributed by atoms with Gasteiger partial charge in [0.25, 0.3) is 0 Å². The number of unbranched alkanes of at least 4 members (excludes halogenated alkanes) is 4. The summed E-state index contributed by atoms with van der Waals surface area (Å²) in [5.74, 6) is -0.139. The average Bonchev–Trinajstić information content (AvgIpc) is 3.07. The largest absolute Gasteiger partial charge is 0.355 e. The highest BCUT2D eigenvalue weighted by Gasteiger charge is 2.02. The first-order chi connectivity index (χ1) is 13.7. The van der Waals surface area contributed by atoms with Gasteiger partial charge in [-0.25, -0.2) is 4.39 Å². The SMILES string of the molecule is CCCCCCCc1ccc(F)cc1.Cc1ccc2c(c1)[nH]c1ccccc12. The first kappa shape index (κ1) is 20.1. The van der Waals surface area contributed by atoms with Gasteiger partial charge in [-0.1, -0.05) is 75.1 Å². The van der Waals surface area contributed by atoms with Gasteiger partial charge in [-0.15, -0.1) is 0 Å². The molecule has 2 heteroatoms. The number of rotatable bonds is 6. The number of aryl methyl sites for hydroxylation is 2. The van der Waals surface area contributed by atoms with E-state index in [9.17, 15) is 4.39 Å². The van der Waals surface area contributed by atoms with Gasteiger partial charge in [-0.05, 0) is 55.2 Å². The Morgan fingerprint density at radius 3 is 2.25 bits per heavy atom. The molecule has 0 spiro atoms. The molecule has 1 nitrogen and oxygen atoms in total. The summed E-state index contributed by atoms with van der Waals surface area (Å²) in [5.41, 5.74) is 4.99. The predicted octanol–water partition coefficient (Wildman–Crippen LogP) is 7.97. The van der Waals surface area contributed by atoms with E-state index in [0.717, 1.165) is 6.42 Å². The van der Waals surface area contributed by atoms with Crippen LogP contribution in [0.15, 0.2) is 66.7 Å². The monoisotopic (exact) mass is 375 g/mol. The molecule has 0 atom stereocenters. The van der Waals surface area contributed by atoms with Crippen LogP contribution >= 0.6 is 0 Å². The van der Waals surface area contributed by atoms with Gasteiger partial charge in [-0.2, -0.15) is 0 Å². The zero-order valence-electron chi connectivity index (χ0n) is 17.0. The van der Waals surface area contributed by atoms with Crippen LogP contribution in [0.1, 0.15) is 50.2 Å². The smallest absolute Gasteiger partial charge is 0.123 e. The molecule has 0 saturated heterocycles. The molecular weight excluding hydrogens is 345 g/mol. The number of aromatic nitrogens is 1. The number of halogens is 1. The van der Waals surface area contributed by atoms with Gasteiger partial charge < -0.3 is 4.98 Å². The van der Waals surface area contributed by atoms with E-state index < -0.39 is 0 Å². The molecule has 4 rings (SSSR count). The Morgan fingerprint density at radius 1 is 0.750 bits per heavy atom. The summed E-state index contributed by atoms with van der Waals surface area (Å²) >= 11 is 0. The summed E-state index contributed by atoms with van der Waals surface area (Å²) in [6.07, 6.45) is 7.57. The molecule has 1 heterocycles. The van der Waals surface area contributed by atoms with Crippen molar-refractivity contribution >= 4 is 21.8 Å². The van der Waals surface area contributed by atoms with Crippen molar-refractivity contribution in [3.8, 4) is 0 Å². The van der Waals surface area contributed by atoms with E-state index >= 15 is 0 Å². The molecule has 0 radical (unpaired) electrons. The lowest BCUT2D eigenvalue weighted by Crippen LogP contribution is -1.86. The normalized spacial score (nSPS) is 10.8. The molecule has 3 aromatic carbocycles. The van der Waals surface area contributed by atoms with Gasteiger partial charge in [0, 0.05) is 21.8 Å². The van der Waals surface area contributed by atoms with Crippen LogP contribution in [-0.4, -0.2) is 4.98 Å². The van der Waals surface area contributed by atoms with Gasteiger partial charge in [0.1, 0.15) is 5.82 Å². The summed E-state index contributed by atoms with van der Waals surface area (Å²) < 4.78 is 12.6. The third-order valence-corrected chi connectivity index (χ3v) is 5.14. The number of hydrogen-bond donors (Lipinski definition) is 1. The lowest BCUT2D eigenvalue weighted by atomic mass is 10.1. The van der Waals surface area contributed by atoms with Crippen LogP contribution in [0, 0.1) is 12.7 Å². The molecule has 0 saturated carbocycles. The molecule has 1 N–H and O–H groups in total. The second-order valence-corrected chi connectivity index (χ2v) is 7.51. The topological polar surface area (TPSA) is 15.8 Å². The second-order valence-electron chi connectivity index (χ2n) is 7.51. The Labute approximate surface area is 167 Å². The van der Waals surface area contributed by atoms with E-state index in [2.05, 4.69) is 61.3 Å². The van der Waals surface area contributed by atoms with Gasteiger partial charge in [0.2, 0.25) is 0 Å². The molecule has 0 aliphatic rings. The molecule has 0 bridgehead atoms. The van der Waals surface area contributed by atoms with E-state index in [1.54, 1.807) is 12.1 Å². The maximum absolute atomic E-state index is 12.6. The molecule has 1 aromatic heterocycles. The standard InChI is InChI=1S/C13H19F.C13H11N/c1-2-3-4-5-6-7-12-8-10-13(14)11-9-12;1-9-6-7-11-10-4-2-3-5-12(10)14-13(11)8-9/h8-11H,2-7H2,1H3;2-8,14H,1H3. The van der Waals surface area contributed by atoms with Crippen LogP contribution in [0.4, 0.5) is 4.39 Å². The van der Waals surface area contributed by atoms with Crippen molar-refractivity contribution in [2.24, 2.45) is 0 Å². The van der Waals surface area contributed by atoms with Crippen molar-refractivity contribution < 1.29 is 4.39 Å². The number of aromatic amines is 1. The Balaban J connectivity index is 0.000000161. The molecule has 0 aliphatic carbocycles. The molecule has 0 fully saturated rings. The van der Waals surface area contributed by atoms with Crippen LogP contribution in [-0.2, 0) is 6.42 Å². The summed E-state index contributed by atoms with van der Waals surface area (Å²) in [6.45, 7) is 4.34. The van der Waals surface area contributed by atoms with E-state index in [1.165, 1.54) is 65.0 Å². The van der Waals surface area contributed by atoms with Crippen LogP contribution in [0.2, 0.25) is 0 Å². The molecule has 0 unspecified atom stereocenters. The van der Waals surface area contributed by atoms with Crippen molar-refractivity contribution in [2.75, 3.05) is 0 Å². The highest BCUT2D eigenvalue weighted by Crippen LogP contribution is 2.25. The minimum absolute atomic E-state index is 0.139. The molecular formula is C26H30FN. The summed E-state index contributed by atoms with van der Waals surface area (Å²) in [7, 11) is 0. The Morgan fingerprint density at radius 2 is 1.46 bits per heavy atom. The lowest BCUT2D eigenvalue weighted by molar-refractivity contribution is 0.621. The number of fused-ring (bicyclic) bond motifs is 3. The van der Waals surface area contributed by atoms with Crippen molar-refractivity contribution in [1.29, 1.82) is 0 Å². The first-order valence-corrected chi connectivity index (χ1v) is 10.4. The average molecular weight is 376 g/mol. The zero-order valence-corrected chi connectivity index (χ0v) is 17.0. The van der Waals surface area contributed by atoms with E-state index in [0.29, 0.717) is 0 Å². The third kappa shape index (κ3) is 5.45. The molecule has 146 valence electrons. The number of H-pyrrole nitrogens is 1. The highest BCUT2D eigenvalue weighted by atomic mass is 19.1. The van der Waals surface area contributed by atoms with E-state index in [-0.39, 0.29) is 5.82 Å². The van der Waals surface area contributed by atoms with Gasteiger partial charge in [0.05, 0.1) is 0 Å². The van der Waals surface area contributed by atoms with Gasteiger partial charge >= 0.3 is 0 Å². The fourth-order valence-corrected chi connectivity index (χ4v) is 3.55. The Kier molecular flexibility index (Phi) is 7.25. The molecule has 4 aromatic rings. The van der Waals surface area contributed by atoms with Crippen molar-refractivity contribution in [1.82, 2.24) is 4.98 Å². The summed E-state index contributed by atoms with van der Waals surface area (Å²) in [5, 5.41) is 2.62. The number of hydrogen-bond acceptors (Lipinski definition) is 0.